The highest BCUT2D eigenvalue weighted by atomic mass is 19.4. The van der Waals surface area contributed by atoms with Crippen molar-refractivity contribution < 1.29 is 31.1 Å². The van der Waals surface area contributed by atoms with Crippen molar-refractivity contribution in [1.29, 1.82) is 0 Å². The summed E-state index contributed by atoms with van der Waals surface area (Å²) in [5, 5.41) is 0. The molecule has 0 bridgehead atoms. The normalized spacial score (nSPS) is 19.0. The number of aliphatic imine (C=N–C) groups is 1. The first-order valence-corrected chi connectivity index (χ1v) is 9.85. The fourth-order valence-electron chi connectivity index (χ4n) is 4.41. The Hall–Kier alpha value is -2.84. The maximum atomic E-state index is 14.1. The van der Waals surface area contributed by atoms with Crippen molar-refractivity contribution in [2.45, 2.75) is 45.6 Å². The van der Waals surface area contributed by atoms with Gasteiger partial charge in [0.15, 0.2) is 0 Å². The molecule has 0 fully saturated rings. The van der Waals surface area contributed by atoms with Crippen LogP contribution in [0.5, 0.6) is 0 Å². The van der Waals surface area contributed by atoms with Gasteiger partial charge in [-0.05, 0) is 38.8 Å². The third-order valence-electron chi connectivity index (χ3n) is 5.70. The van der Waals surface area contributed by atoms with E-state index in [-0.39, 0.29) is 5.56 Å². The Balaban J connectivity index is 2.43. The molecule has 2 aromatic rings. The highest BCUT2D eigenvalue weighted by molar-refractivity contribution is 6.12. The summed E-state index contributed by atoms with van der Waals surface area (Å²) in [6.45, 7) is 5.20. The first-order chi connectivity index (χ1) is 14.7. The van der Waals surface area contributed by atoms with Gasteiger partial charge < -0.3 is 4.90 Å². The van der Waals surface area contributed by atoms with Crippen LogP contribution < -0.4 is 4.90 Å². The van der Waals surface area contributed by atoms with E-state index < -0.39 is 42.0 Å². The molecule has 1 aliphatic heterocycles. The summed E-state index contributed by atoms with van der Waals surface area (Å²) < 4.78 is 84.8. The molecular formula is C23H22F6N2O. The molecule has 2 aromatic carbocycles. The number of carbonyl (C=O) groups is 1. The molecule has 0 spiro atoms. The van der Waals surface area contributed by atoms with Crippen molar-refractivity contribution in [3.63, 3.8) is 0 Å². The number of hydrogen-bond donors (Lipinski definition) is 0. The number of carbonyl (C=O) groups excluding carboxylic acids is 1. The molecule has 172 valence electrons. The lowest BCUT2D eigenvalue weighted by molar-refractivity contribution is -0.307. The molecule has 0 aliphatic carbocycles. The van der Waals surface area contributed by atoms with Crippen LogP contribution in [-0.4, -0.2) is 36.1 Å². The van der Waals surface area contributed by atoms with Gasteiger partial charge in [0.1, 0.15) is 11.6 Å². The Morgan fingerprint density at radius 2 is 1.47 bits per heavy atom. The largest absolute Gasteiger partial charge is 0.423 e. The molecule has 0 saturated heterocycles. The zero-order valence-corrected chi connectivity index (χ0v) is 17.9. The quantitative estimate of drug-likeness (QED) is 0.535. The Morgan fingerprint density at radius 1 is 0.969 bits per heavy atom. The molecule has 3 nitrogen and oxygen atoms in total. The number of benzene rings is 2. The number of rotatable bonds is 3. The maximum Gasteiger partial charge on any atom is 0.423 e. The van der Waals surface area contributed by atoms with Crippen molar-refractivity contribution in [2.24, 2.45) is 10.9 Å². The van der Waals surface area contributed by atoms with Crippen LogP contribution in [0.4, 0.5) is 32.0 Å². The van der Waals surface area contributed by atoms with Crippen LogP contribution in [0.15, 0.2) is 47.5 Å². The Kier molecular flexibility index (Phi) is 5.91. The van der Waals surface area contributed by atoms with Gasteiger partial charge in [0.2, 0.25) is 0 Å². The van der Waals surface area contributed by atoms with Gasteiger partial charge in [-0.25, -0.2) is 4.99 Å². The molecule has 1 heterocycles. The van der Waals surface area contributed by atoms with Gasteiger partial charge in [0.25, 0.3) is 5.54 Å². The second kappa shape index (κ2) is 7.94. The predicted molar refractivity (Wildman–Crippen MR) is 110 cm³/mol. The van der Waals surface area contributed by atoms with Gasteiger partial charge in [0, 0.05) is 17.8 Å². The molecule has 32 heavy (non-hydrogen) atoms. The molecule has 0 N–H and O–H groups in total. The average molecular weight is 456 g/mol. The number of halogens is 6. The molecular weight excluding hydrogens is 434 g/mol. The Bertz CT molecular complexity index is 1020. The van der Waals surface area contributed by atoms with Gasteiger partial charge in [-0.3, -0.25) is 4.79 Å². The van der Waals surface area contributed by atoms with Gasteiger partial charge in [-0.2, -0.15) is 26.3 Å². The molecule has 0 aromatic heterocycles. The van der Waals surface area contributed by atoms with Crippen LogP contribution in [0.3, 0.4) is 0 Å². The second-order valence-electron chi connectivity index (χ2n) is 8.08. The highest BCUT2D eigenvalue weighted by Crippen LogP contribution is 2.53. The van der Waals surface area contributed by atoms with Crippen LogP contribution in [0.1, 0.15) is 29.2 Å². The van der Waals surface area contributed by atoms with Gasteiger partial charge in [-0.15, -0.1) is 0 Å². The minimum atomic E-state index is -5.83. The lowest BCUT2D eigenvalue weighted by Gasteiger charge is -2.46. The van der Waals surface area contributed by atoms with E-state index in [1.54, 1.807) is 32.0 Å². The zero-order chi connectivity index (χ0) is 24.1. The second-order valence-corrected chi connectivity index (χ2v) is 8.08. The van der Waals surface area contributed by atoms with E-state index in [4.69, 9.17) is 0 Å². The Morgan fingerprint density at radius 3 is 1.91 bits per heavy atom. The summed E-state index contributed by atoms with van der Waals surface area (Å²) in [6, 6.07) is 11.0. The van der Waals surface area contributed by atoms with E-state index in [1.807, 2.05) is 6.92 Å². The van der Waals surface area contributed by atoms with Crippen molar-refractivity contribution in [3.05, 3.63) is 64.7 Å². The number of anilines is 1. The zero-order valence-electron chi connectivity index (χ0n) is 17.9. The van der Waals surface area contributed by atoms with E-state index >= 15 is 0 Å². The van der Waals surface area contributed by atoms with E-state index in [0.29, 0.717) is 16.8 Å². The van der Waals surface area contributed by atoms with E-state index in [1.165, 1.54) is 29.2 Å². The molecule has 0 radical (unpaired) electrons. The number of amidine groups is 1. The van der Waals surface area contributed by atoms with Crippen molar-refractivity contribution in [2.75, 3.05) is 11.4 Å². The van der Waals surface area contributed by atoms with Crippen LogP contribution in [0, 0.1) is 26.7 Å². The topological polar surface area (TPSA) is 32.7 Å². The van der Waals surface area contributed by atoms with E-state index in [2.05, 4.69) is 4.99 Å². The summed E-state index contributed by atoms with van der Waals surface area (Å²) >= 11 is 0. The predicted octanol–water partition coefficient (Wildman–Crippen LogP) is 5.95. The molecule has 3 rings (SSSR count). The van der Waals surface area contributed by atoms with Crippen LogP contribution in [0.25, 0.3) is 0 Å². The summed E-state index contributed by atoms with van der Waals surface area (Å²) in [4.78, 5) is 16.9. The van der Waals surface area contributed by atoms with Gasteiger partial charge in [0.05, 0.1) is 5.92 Å². The monoisotopic (exact) mass is 456 g/mol. The smallest absolute Gasteiger partial charge is 0.325 e. The molecule has 9 heteroatoms. The lowest BCUT2D eigenvalue weighted by atomic mass is 9.77. The number of aryl methyl sites for hydroxylation is 3. The average Bonchev–Trinajstić information content (AvgIpc) is 2.65. The minimum Gasteiger partial charge on any atom is -0.325 e. The lowest BCUT2D eigenvalue weighted by Crippen LogP contribution is -2.67. The minimum absolute atomic E-state index is 0.0896. The number of nitrogens with zero attached hydrogens (tertiary/aromatic N) is 2. The van der Waals surface area contributed by atoms with Crippen molar-refractivity contribution in [3.8, 4) is 0 Å². The molecule has 1 aliphatic rings. The third kappa shape index (κ3) is 3.78. The van der Waals surface area contributed by atoms with Crippen LogP contribution in [-0.2, 0) is 4.79 Å². The fourth-order valence-corrected chi connectivity index (χ4v) is 4.41. The maximum absolute atomic E-state index is 14.1. The number of Topliss-reactive ketones (excluding diaryl/α,β-unsaturated/α-hetero) is 1. The van der Waals surface area contributed by atoms with Gasteiger partial charge in [-0.1, -0.05) is 48.0 Å². The van der Waals surface area contributed by atoms with Crippen LogP contribution in [0.2, 0.25) is 0 Å². The standard InChI is InChI=1S/C23H22F6N2O/c1-13-10-14(2)19(15(3)11-13)31-12-18(16(4)32)21(22(24,25)26,23(27,28)29)30-20(31)17-8-6-5-7-9-17/h5-11,18H,12H2,1-4H3. The Labute approximate surface area is 181 Å². The summed E-state index contributed by atoms with van der Waals surface area (Å²) in [6.07, 6.45) is -11.7. The summed E-state index contributed by atoms with van der Waals surface area (Å²) in [5.41, 5.74) is -1.82. The highest BCUT2D eigenvalue weighted by Gasteiger charge is 2.77. The summed E-state index contributed by atoms with van der Waals surface area (Å²) in [5.74, 6) is -4.18. The molecule has 0 saturated carbocycles. The van der Waals surface area contributed by atoms with Crippen molar-refractivity contribution in [1.82, 2.24) is 0 Å². The first kappa shape index (κ1) is 23.8. The van der Waals surface area contributed by atoms with Gasteiger partial charge >= 0.3 is 12.4 Å². The number of alkyl halides is 6. The number of hydrogen-bond acceptors (Lipinski definition) is 3. The summed E-state index contributed by atoms with van der Waals surface area (Å²) in [7, 11) is 0. The molecule has 0 amide bonds. The molecule has 1 atom stereocenters. The first-order valence-electron chi connectivity index (χ1n) is 9.85. The SMILES string of the molecule is CC(=O)C1CN(c2c(C)cc(C)cc2C)C(c2ccccc2)=NC1(C(F)(F)F)C(F)(F)F. The van der Waals surface area contributed by atoms with E-state index in [0.717, 1.165) is 12.5 Å². The fraction of sp³-hybridized carbons (Fsp3) is 0.391. The van der Waals surface area contributed by atoms with Crippen molar-refractivity contribution >= 4 is 17.3 Å². The number of ketones is 1. The van der Waals surface area contributed by atoms with E-state index in [9.17, 15) is 31.1 Å². The third-order valence-corrected chi connectivity index (χ3v) is 5.70. The van der Waals surface area contributed by atoms with Crippen LogP contribution >= 0.6 is 0 Å². The molecule has 1 unspecified atom stereocenters.